The van der Waals surface area contributed by atoms with Crippen LogP contribution in [0.3, 0.4) is 0 Å². The number of rotatable bonds is 3. The van der Waals surface area contributed by atoms with E-state index in [2.05, 4.69) is 15.1 Å². The Morgan fingerprint density at radius 3 is 2.61 bits per heavy atom. The van der Waals surface area contributed by atoms with E-state index in [0.29, 0.717) is 32.0 Å². The lowest BCUT2D eigenvalue weighted by atomic mass is 10.2. The Balaban J connectivity index is 1.54. The maximum absolute atomic E-state index is 12.9. The molecule has 0 saturated carbocycles. The van der Waals surface area contributed by atoms with Crippen LogP contribution in [0, 0.1) is 0 Å². The number of hydrogen-bond donors (Lipinski definition) is 0. The largest absolute Gasteiger partial charge is 0.444 e. The molecule has 1 fully saturated rings. The SMILES string of the molecule is CC1Cn2ncc(N3CC(N(C)c4ncccn4)CC3=O)c2CN1C(=O)OC(C)(C)C. The standard InChI is InChI=1S/C21H29N7O3/c1-14-11-28-17(13-26(14)20(30)31-21(2,3)4)16(10-24-28)27-12-15(9-18(27)29)25(5)19-22-7-6-8-23-19/h6-8,10,14-15H,9,11-13H2,1-5H3. The number of likely N-dealkylation sites (N-methyl/N-ethyl adjacent to an activating group) is 1. The Morgan fingerprint density at radius 1 is 1.23 bits per heavy atom. The van der Waals surface area contributed by atoms with Gasteiger partial charge in [-0.2, -0.15) is 5.10 Å². The van der Waals surface area contributed by atoms with Gasteiger partial charge in [-0.1, -0.05) is 0 Å². The summed E-state index contributed by atoms with van der Waals surface area (Å²) in [7, 11) is 1.90. The fraction of sp³-hybridized carbons (Fsp3) is 0.571. The molecule has 4 rings (SSSR count). The Kier molecular flexibility index (Phi) is 5.32. The molecule has 2 aliphatic heterocycles. The zero-order valence-corrected chi connectivity index (χ0v) is 18.6. The Morgan fingerprint density at radius 2 is 1.94 bits per heavy atom. The molecule has 2 aliphatic rings. The third kappa shape index (κ3) is 4.19. The smallest absolute Gasteiger partial charge is 0.410 e. The summed E-state index contributed by atoms with van der Waals surface area (Å²) in [5, 5.41) is 4.49. The van der Waals surface area contributed by atoms with Gasteiger partial charge >= 0.3 is 6.09 Å². The average molecular weight is 428 g/mol. The maximum Gasteiger partial charge on any atom is 0.410 e. The number of fused-ring (bicyclic) bond motifs is 1. The van der Waals surface area contributed by atoms with E-state index in [9.17, 15) is 9.59 Å². The number of ether oxygens (including phenoxy) is 1. The van der Waals surface area contributed by atoms with Crippen molar-refractivity contribution in [3.05, 3.63) is 30.4 Å². The monoisotopic (exact) mass is 427 g/mol. The molecule has 2 aromatic rings. The summed E-state index contributed by atoms with van der Waals surface area (Å²) in [6, 6.07) is 1.66. The van der Waals surface area contributed by atoms with E-state index in [1.165, 1.54) is 0 Å². The van der Waals surface area contributed by atoms with E-state index >= 15 is 0 Å². The third-order valence-corrected chi connectivity index (χ3v) is 5.65. The molecular formula is C21H29N7O3. The zero-order valence-electron chi connectivity index (χ0n) is 18.6. The van der Waals surface area contributed by atoms with Crippen LogP contribution in [-0.2, 0) is 22.6 Å². The molecule has 0 N–H and O–H groups in total. The van der Waals surface area contributed by atoms with E-state index in [4.69, 9.17) is 4.74 Å². The van der Waals surface area contributed by atoms with Gasteiger partial charge in [-0.25, -0.2) is 14.8 Å². The first-order valence-electron chi connectivity index (χ1n) is 10.5. The summed E-state index contributed by atoms with van der Waals surface area (Å²) in [4.78, 5) is 39.6. The topological polar surface area (TPSA) is 96.7 Å². The first-order valence-corrected chi connectivity index (χ1v) is 10.5. The molecule has 0 aliphatic carbocycles. The number of carbonyl (C=O) groups excluding carboxylic acids is 2. The van der Waals surface area contributed by atoms with Gasteiger partial charge in [0.05, 0.1) is 42.8 Å². The number of anilines is 2. The fourth-order valence-electron chi connectivity index (χ4n) is 3.99. The highest BCUT2D eigenvalue weighted by Crippen LogP contribution is 2.32. The molecule has 2 unspecified atom stereocenters. The quantitative estimate of drug-likeness (QED) is 0.740. The Labute approximate surface area is 181 Å². The van der Waals surface area contributed by atoms with E-state index in [1.807, 2.05) is 44.3 Å². The molecule has 10 heteroatoms. The minimum atomic E-state index is -0.570. The molecule has 2 amide bonds. The highest BCUT2D eigenvalue weighted by Gasteiger charge is 2.38. The van der Waals surface area contributed by atoms with Crippen molar-refractivity contribution in [2.75, 3.05) is 23.4 Å². The lowest BCUT2D eigenvalue weighted by Gasteiger charge is -2.36. The molecule has 10 nitrogen and oxygen atoms in total. The molecule has 0 spiro atoms. The van der Waals surface area contributed by atoms with Crippen molar-refractivity contribution in [3.63, 3.8) is 0 Å². The lowest BCUT2D eigenvalue weighted by molar-refractivity contribution is -0.117. The maximum atomic E-state index is 12.9. The third-order valence-electron chi connectivity index (χ3n) is 5.65. The van der Waals surface area contributed by atoms with Crippen molar-refractivity contribution in [1.82, 2.24) is 24.6 Å². The van der Waals surface area contributed by atoms with Gasteiger partial charge < -0.3 is 14.5 Å². The summed E-state index contributed by atoms with van der Waals surface area (Å²) in [6.07, 6.45) is 5.11. The summed E-state index contributed by atoms with van der Waals surface area (Å²) < 4.78 is 7.46. The molecule has 0 radical (unpaired) electrons. The second-order valence-corrected chi connectivity index (χ2v) is 9.14. The molecule has 166 valence electrons. The average Bonchev–Trinajstić information content (AvgIpc) is 3.28. The minimum absolute atomic E-state index is 0.0195. The van der Waals surface area contributed by atoms with Crippen LogP contribution in [0.15, 0.2) is 24.7 Å². The Bertz CT molecular complexity index is 969. The number of amides is 2. The van der Waals surface area contributed by atoms with Crippen molar-refractivity contribution in [2.45, 2.75) is 64.9 Å². The molecular weight excluding hydrogens is 398 g/mol. The molecule has 4 heterocycles. The van der Waals surface area contributed by atoms with Gasteiger partial charge in [0.15, 0.2) is 0 Å². The van der Waals surface area contributed by atoms with Gasteiger partial charge in [-0.3, -0.25) is 14.4 Å². The molecule has 2 aromatic heterocycles. The lowest BCUT2D eigenvalue weighted by Crippen LogP contribution is -2.47. The highest BCUT2D eigenvalue weighted by atomic mass is 16.6. The van der Waals surface area contributed by atoms with Gasteiger partial charge in [-0.05, 0) is 33.8 Å². The molecule has 31 heavy (non-hydrogen) atoms. The first-order chi connectivity index (χ1) is 14.6. The Hall–Kier alpha value is -3.17. The van der Waals surface area contributed by atoms with Crippen LogP contribution in [0.5, 0.6) is 0 Å². The predicted molar refractivity (Wildman–Crippen MR) is 115 cm³/mol. The van der Waals surface area contributed by atoms with Crippen LogP contribution in [0.4, 0.5) is 16.4 Å². The summed E-state index contributed by atoms with van der Waals surface area (Å²) in [5.74, 6) is 0.607. The van der Waals surface area contributed by atoms with Crippen LogP contribution < -0.4 is 9.80 Å². The zero-order chi connectivity index (χ0) is 22.3. The second-order valence-electron chi connectivity index (χ2n) is 9.14. The molecule has 2 atom stereocenters. The van der Waals surface area contributed by atoms with Gasteiger partial charge in [0, 0.05) is 32.4 Å². The van der Waals surface area contributed by atoms with Crippen molar-refractivity contribution in [1.29, 1.82) is 0 Å². The molecule has 0 aromatic carbocycles. The van der Waals surface area contributed by atoms with Crippen LogP contribution in [0.25, 0.3) is 0 Å². The van der Waals surface area contributed by atoms with Crippen LogP contribution in [0.2, 0.25) is 0 Å². The van der Waals surface area contributed by atoms with E-state index in [0.717, 1.165) is 11.4 Å². The fourth-order valence-corrected chi connectivity index (χ4v) is 3.99. The van der Waals surface area contributed by atoms with Crippen LogP contribution in [0.1, 0.15) is 39.8 Å². The van der Waals surface area contributed by atoms with Crippen molar-refractivity contribution in [2.24, 2.45) is 0 Å². The van der Waals surface area contributed by atoms with Gasteiger partial charge in [0.25, 0.3) is 0 Å². The number of carbonyl (C=O) groups is 2. The van der Waals surface area contributed by atoms with E-state index < -0.39 is 5.60 Å². The van der Waals surface area contributed by atoms with Crippen LogP contribution >= 0.6 is 0 Å². The van der Waals surface area contributed by atoms with Crippen molar-refractivity contribution < 1.29 is 14.3 Å². The molecule has 1 saturated heterocycles. The predicted octanol–water partition coefficient (Wildman–Crippen LogP) is 2.05. The van der Waals surface area contributed by atoms with Gasteiger partial charge in [-0.15, -0.1) is 0 Å². The van der Waals surface area contributed by atoms with Gasteiger partial charge in [0.1, 0.15) is 5.60 Å². The number of nitrogens with zero attached hydrogens (tertiary/aromatic N) is 7. The minimum Gasteiger partial charge on any atom is -0.444 e. The normalized spacial score (nSPS) is 21.3. The summed E-state index contributed by atoms with van der Waals surface area (Å²) in [6.45, 7) is 8.94. The number of hydrogen-bond acceptors (Lipinski definition) is 7. The summed E-state index contributed by atoms with van der Waals surface area (Å²) in [5.41, 5.74) is 1.02. The van der Waals surface area contributed by atoms with E-state index in [-0.39, 0.29) is 24.1 Å². The van der Waals surface area contributed by atoms with Crippen LogP contribution in [-0.4, -0.2) is 67.9 Å². The first kappa shape index (κ1) is 21.1. The highest BCUT2D eigenvalue weighted by molar-refractivity contribution is 5.97. The second kappa shape index (κ2) is 7.82. The van der Waals surface area contributed by atoms with Crippen molar-refractivity contribution in [3.8, 4) is 0 Å². The van der Waals surface area contributed by atoms with Crippen molar-refractivity contribution >= 4 is 23.6 Å². The van der Waals surface area contributed by atoms with E-state index in [1.54, 1.807) is 34.5 Å². The summed E-state index contributed by atoms with van der Waals surface area (Å²) >= 11 is 0. The number of aromatic nitrogens is 4. The van der Waals surface area contributed by atoms with Gasteiger partial charge in [0.2, 0.25) is 11.9 Å². The molecule has 0 bridgehead atoms.